The van der Waals surface area contributed by atoms with Crippen molar-refractivity contribution < 1.29 is 15.0 Å². The van der Waals surface area contributed by atoms with E-state index in [1.165, 1.54) is 31.5 Å². The molecule has 4 aliphatic rings. The molecule has 4 fully saturated rings. The molecule has 4 nitrogen and oxygen atoms in total. The van der Waals surface area contributed by atoms with Gasteiger partial charge in [0.2, 0.25) is 0 Å². The summed E-state index contributed by atoms with van der Waals surface area (Å²) in [5, 5.41) is 22.3. The summed E-state index contributed by atoms with van der Waals surface area (Å²) in [5.41, 5.74) is 0.177. The van der Waals surface area contributed by atoms with Crippen molar-refractivity contribution in [3.05, 3.63) is 28.8 Å². The quantitative estimate of drug-likeness (QED) is 0.852. The van der Waals surface area contributed by atoms with Crippen molar-refractivity contribution in [1.82, 2.24) is 0 Å². The van der Waals surface area contributed by atoms with Crippen molar-refractivity contribution in [3.8, 4) is 5.75 Å². The monoisotopic (exact) mass is 346 g/mol. The number of rotatable bonds is 4. The second-order valence-electron chi connectivity index (χ2n) is 7.98. The van der Waals surface area contributed by atoms with Gasteiger partial charge in [-0.1, -0.05) is 11.6 Å². The molecule has 128 valence electrons. The molecule has 0 amide bonds. The number of hydrogen-bond donors (Lipinski definition) is 1. The number of hydrogen-bond acceptors (Lipinski definition) is 4. The van der Waals surface area contributed by atoms with Gasteiger partial charge < -0.3 is 15.0 Å². The minimum atomic E-state index is -1.10. The van der Waals surface area contributed by atoms with E-state index in [0.29, 0.717) is 28.3 Å². The van der Waals surface area contributed by atoms with Crippen molar-refractivity contribution >= 4 is 23.8 Å². The summed E-state index contributed by atoms with van der Waals surface area (Å²) in [6.07, 6.45) is 8.01. The first kappa shape index (κ1) is 15.9. The first-order chi connectivity index (χ1) is 11.4. The second kappa shape index (κ2) is 5.76. The highest BCUT2D eigenvalue weighted by Crippen LogP contribution is 2.61. The van der Waals surface area contributed by atoms with Crippen LogP contribution in [0.3, 0.4) is 0 Å². The third-order valence-electron chi connectivity index (χ3n) is 6.24. The average molecular weight is 347 g/mol. The van der Waals surface area contributed by atoms with Crippen LogP contribution in [0.25, 0.3) is 0 Å². The summed E-state index contributed by atoms with van der Waals surface area (Å²) in [5.74, 6) is 0.883. The van der Waals surface area contributed by atoms with Gasteiger partial charge >= 0.3 is 0 Å². The number of carboxylic acid groups (broad SMARTS) is 1. The maximum atomic E-state index is 11.9. The van der Waals surface area contributed by atoms with Gasteiger partial charge in [0.15, 0.2) is 0 Å². The Morgan fingerprint density at radius 1 is 1.25 bits per heavy atom. The molecule has 4 aliphatic carbocycles. The lowest BCUT2D eigenvalue weighted by Crippen LogP contribution is -2.56. The van der Waals surface area contributed by atoms with Crippen LogP contribution in [0.1, 0.15) is 44.1 Å². The van der Waals surface area contributed by atoms with Gasteiger partial charge in [-0.15, -0.1) is 0 Å². The molecule has 0 radical (unpaired) electrons. The maximum absolute atomic E-state index is 11.9. The van der Waals surface area contributed by atoms with E-state index in [1.807, 2.05) is 0 Å². The SMILES string of the molecule is O=C([O-])[C@H](N=Cc1cc(Cl)ccc1O)C12CC3CC(CC(C3)C1)C2. The number of carbonyl (C=O) groups is 1. The lowest BCUT2D eigenvalue weighted by Gasteiger charge is -2.58. The molecule has 0 aliphatic heterocycles. The van der Waals surface area contributed by atoms with E-state index < -0.39 is 12.0 Å². The highest BCUT2D eigenvalue weighted by atomic mass is 35.5. The van der Waals surface area contributed by atoms with Crippen LogP contribution in [-0.2, 0) is 4.79 Å². The first-order valence-electron chi connectivity index (χ1n) is 8.68. The Bertz CT molecular complexity index is 665. The predicted octanol–water partition coefficient (Wildman–Crippen LogP) is 2.80. The minimum absolute atomic E-state index is 0.0470. The van der Waals surface area contributed by atoms with Gasteiger partial charge in [-0.3, -0.25) is 4.99 Å². The molecule has 1 aromatic carbocycles. The van der Waals surface area contributed by atoms with E-state index in [-0.39, 0.29) is 11.2 Å². The van der Waals surface area contributed by atoms with Crippen molar-refractivity contribution in [2.45, 2.75) is 44.6 Å². The number of aliphatic carboxylic acids is 1. The zero-order valence-corrected chi connectivity index (χ0v) is 14.2. The largest absolute Gasteiger partial charge is 0.548 e. The molecule has 4 bridgehead atoms. The van der Waals surface area contributed by atoms with E-state index in [2.05, 4.69) is 4.99 Å². The van der Waals surface area contributed by atoms with E-state index in [4.69, 9.17) is 11.6 Å². The molecular formula is C19H21ClNO3-. The topological polar surface area (TPSA) is 72.7 Å². The Morgan fingerprint density at radius 3 is 2.38 bits per heavy atom. The summed E-state index contributed by atoms with van der Waals surface area (Å²) in [6, 6.07) is 3.82. The number of halogens is 1. The summed E-state index contributed by atoms with van der Waals surface area (Å²) in [4.78, 5) is 16.3. The molecule has 4 saturated carbocycles. The molecular weight excluding hydrogens is 326 g/mol. The molecule has 1 N–H and O–H groups in total. The Morgan fingerprint density at radius 2 is 1.83 bits per heavy atom. The molecule has 0 unspecified atom stereocenters. The van der Waals surface area contributed by atoms with Gasteiger partial charge in [-0.05, 0) is 79.9 Å². The van der Waals surface area contributed by atoms with Crippen LogP contribution in [0.2, 0.25) is 5.02 Å². The molecule has 5 heteroatoms. The van der Waals surface area contributed by atoms with Crippen LogP contribution in [0.15, 0.2) is 23.2 Å². The van der Waals surface area contributed by atoms with Crippen molar-refractivity contribution in [1.29, 1.82) is 0 Å². The molecule has 1 aromatic rings. The van der Waals surface area contributed by atoms with Crippen LogP contribution >= 0.6 is 11.6 Å². The normalized spacial score (nSPS) is 35.5. The molecule has 0 saturated heterocycles. The van der Waals surface area contributed by atoms with E-state index in [0.717, 1.165) is 19.3 Å². The van der Waals surface area contributed by atoms with E-state index >= 15 is 0 Å². The van der Waals surface area contributed by atoms with Gasteiger partial charge in [-0.2, -0.15) is 0 Å². The zero-order valence-electron chi connectivity index (χ0n) is 13.5. The smallest absolute Gasteiger partial charge is 0.124 e. The molecule has 0 aromatic heterocycles. The van der Waals surface area contributed by atoms with Crippen molar-refractivity contribution in [2.24, 2.45) is 28.2 Å². The Labute approximate surface area is 146 Å². The number of aromatic hydroxyl groups is 1. The summed E-state index contributed by atoms with van der Waals surface area (Å²) in [7, 11) is 0. The van der Waals surface area contributed by atoms with Crippen molar-refractivity contribution in [3.63, 3.8) is 0 Å². The number of phenols is 1. The Hall–Kier alpha value is -1.55. The van der Waals surface area contributed by atoms with E-state index in [9.17, 15) is 15.0 Å². The fourth-order valence-electron chi connectivity index (χ4n) is 5.77. The molecule has 0 heterocycles. The Kier molecular flexibility index (Phi) is 3.83. The van der Waals surface area contributed by atoms with Crippen LogP contribution < -0.4 is 5.11 Å². The number of carbonyl (C=O) groups excluding carboxylic acids is 1. The number of benzene rings is 1. The highest BCUT2D eigenvalue weighted by Gasteiger charge is 2.54. The third-order valence-corrected chi connectivity index (χ3v) is 6.48. The standard InChI is InChI=1S/C19H22ClNO3/c20-15-1-2-16(22)14(6-15)10-21-17(18(23)24)19-7-11-3-12(8-19)5-13(4-11)9-19/h1-2,6,10-13,17,22H,3-5,7-9H2,(H,23,24)/p-1/t11?,12?,13?,17-,19?/m0/s1. The van der Waals surface area contributed by atoms with Gasteiger partial charge in [0, 0.05) is 16.8 Å². The first-order valence-corrected chi connectivity index (χ1v) is 9.05. The molecule has 24 heavy (non-hydrogen) atoms. The lowest BCUT2D eigenvalue weighted by molar-refractivity contribution is -0.312. The summed E-state index contributed by atoms with van der Waals surface area (Å²) < 4.78 is 0. The van der Waals surface area contributed by atoms with Crippen molar-refractivity contribution in [2.75, 3.05) is 0 Å². The predicted molar refractivity (Wildman–Crippen MR) is 90.1 cm³/mol. The number of nitrogens with zero attached hydrogens (tertiary/aromatic N) is 1. The zero-order chi connectivity index (χ0) is 16.9. The van der Waals surface area contributed by atoms with Crippen LogP contribution in [0.4, 0.5) is 0 Å². The fraction of sp³-hybridized carbons (Fsp3) is 0.579. The molecule has 1 atom stereocenters. The average Bonchev–Trinajstić information content (AvgIpc) is 2.49. The molecule has 5 rings (SSSR count). The number of aliphatic imine (C=N–C) groups is 1. The highest BCUT2D eigenvalue weighted by molar-refractivity contribution is 6.30. The van der Waals surface area contributed by atoms with E-state index in [1.54, 1.807) is 12.1 Å². The van der Waals surface area contributed by atoms with Gasteiger partial charge in [-0.25, -0.2) is 0 Å². The van der Waals surface area contributed by atoms with Gasteiger partial charge in [0.25, 0.3) is 0 Å². The lowest BCUT2D eigenvalue weighted by atomic mass is 9.47. The number of carboxylic acids is 1. The van der Waals surface area contributed by atoms with Gasteiger partial charge in [0.05, 0.1) is 12.0 Å². The second-order valence-corrected chi connectivity index (χ2v) is 8.42. The summed E-state index contributed by atoms with van der Waals surface area (Å²) >= 11 is 5.95. The number of phenolic OH excluding ortho intramolecular Hbond substituents is 1. The third kappa shape index (κ3) is 2.71. The minimum Gasteiger partial charge on any atom is -0.548 e. The summed E-state index contributed by atoms with van der Waals surface area (Å²) in [6.45, 7) is 0. The van der Waals surface area contributed by atoms with Crippen LogP contribution in [-0.4, -0.2) is 23.3 Å². The van der Waals surface area contributed by atoms with Crippen LogP contribution in [0, 0.1) is 23.2 Å². The van der Waals surface area contributed by atoms with Gasteiger partial charge in [0.1, 0.15) is 5.75 Å². The Balaban J connectivity index is 1.64. The maximum Gasteiger partial charge on any atom is 0.124 e. The van der Waals surface area contributed by atoms with Crippen LogP contribution in [0.5, 0.6) is 5.75 Å². The molecule has 0 spiro atoms. The fourth-order valence-corrected chi connectivity index (χ4v) is 5.95.